The summed E-state index contributed by atoms with van der Waals surface area (Å²) < 4.78 is 2.98. The van der Waals surface area contributed by atoms with Crippen molar-refractivity contribution in [3.8, 4) is 5.69 Å². The van der Waals surface area contributed by atoms with E-state index in [1.807, 2.05) is 41.8 Å². The van der Waals surface area contributed by atoms with Crippen molar-refractivity contribution in [3.05, 3.63) is 57.3 Å². The van der Waals surface area contributed by atoms with E-state index in [0.29, 0.717) is 5.02 Å². The third-order valence-electron chi connectivity index (χ3n) is 3.34. The summed E-state index contributed by atoms with van der Waals surface area (Å²) >= 11 is 16.2. The summed E-state index contributed by atoms with van der Waals surface area (Å²) in [7, 11) is 0. The smallest absolute Gasteiger partial charge is 0.132 e. The Labute approximate surface area is 141 Å². The van der Waals surface area contributed by atoms with Crippen molar-refractivity contribution in [3.63, 3.8) is 0 Å². The molecule has 0 fully saturated rings. The third kappa shape index (κ3) is 2.70. The van der Waals surface area contributed by atoms with E-state index in [1.54, 1.807) is 0 Å². The molecule has 0 aliphatic carbocycles. The van der Waals surface area contributed by atoms with E-state index in [2.05, 4.69) is 33.9 Å². The van der Waals surface area contributed by atoms with E-state index < -0.39 is 0 Å². The number of alkyl halides is 1. The lowest BCUT2D eigenvalue weighted by molar-refractivity contribution is 0.882. The zero-order valence-electron chi connectivity index (χ0n) is 11.6. The van der Waals surface area contributed by atoms with Crippen LogP contribution < -0.4 is 0 Å². The Kier molecular flexibility index (Phi) is 4.00. The van der Waals surface area contributed by atoms with Gasteiger partial charge >= 0.3 is 0 Å². The highest BCUT2D eigenvalue weighted by Crippen LogP contribution is 2.33. The van der Waals surface area contributed by atoms with Crippen LogP contribution in [0.15, 0.2) is 40.9 Å². The van der Waals surface area contributed by atoms with Crippen LogP contribution in [0.3, 0.4) is 0 Å². The Hall–Kier alpha value is -1.03. The van der Waals surface area contributed by atoms with Gasteiger partial charge in [0.2, 0.25) is 0 Å². The third-order valence-corrected chi connectivity index (χ3v) is 4.33. The summed E-state index contributed by atoms with van der Waals surface area (Å²) in [5.74, 6) is 0.793. The molecular weight excluding hydrogens is 371 g/mol. The zero-order valence-corrected chi connectivity index (χ0v) is 14.7. The van der Waals surface area contributed by atoms with Gasteiger partial charge in [0.25, 0.3) is 0 Å². The number of hydrogen-bond acceptors (Lipinski definition) is 1. The van der Waals surface area contributed by atoms with Crippen LogP contribution in [0.25, 0.3) is 16.7 Å². The Morgan fingerprint density at radius 2 is 1.95 bits per heavy atom. The molecule has 1 unspecified atom stereocenters. The van der Waals surface area contributed by atoms with Gasteiger partial charge in [-0.3, -0.25) is 4.57 Å². The summed E-state index contributed by atoms with van der Waals surface area (Å²) in [5, 5.41) is 0.446. The van der Waals surface area contributed by atoms with E-state index in [0.717, 1.165) is 27.0 Å². The van der Waals surface area contributed by atoms with Crippen LogP contribution in [0.4, 0.5) is 0 Å². The molecule has 3 rings (SSSR count). The van der Waals surface area contributed by atoms with Crippen LogP contribution in [0.1, 0.15) is 23.7 Å². The molecule has 1 atom stereocenters. The Morgan fingerprint density at radius 3 is 2.62 bits per heavy atom. The number of benzene rings is 2. The standard InChI is InChI=1S/C16H13BrCl2N2/c1-9-3-5-13-15(7-9)21(16(20-13)10(2)18)14-6-4-11(17)8-12(14)19/h3-8,10H,1-2H3. The maximum atomic E-state index is 6.42. The quantitative estimate of drug-likeness (QED) is 0.492. The summed E-state index contributed by atoms with van der Waals surface area (Å²) in [6.45, 7) is 3.97. The average Bonchev–Trinajstić information content (AvgIpc) is 2.77. The first-order valence-electron chi connectivity index (χ1n) is 6.56. The van der Waals surface area contributed by atoms with Crippen molar-refractivity contribution in [2.45, 2.75) is 19.2 Å². The first-order chi connectivity index (χ1) is 9.97. The monoisotopic (exact) mass is 382 g/mol. The van der Waals surface area contributed by atoms with E-state index in [-0.39, 0.29) is 5.38 Å². The summed E-state index contributed by atoms with van der Waals surface area (Å²) in [5.41, 5.74) is 3.99. The van der Waals surface area contributed by atoms with Crippen LogP contribution in [0.5, 0.6) is 0 Å². The minimum Gasteiger partial charge on any atom is -0.294 e. The fraction of sp³-hybridized carbons (Fsp3) is 0.188. The van der Waals surface area contributed by atoms with Gasteiger partial charge < -0.3 is 0 Å². The fourth-order valence-electron chi connectivity index (χ4n) is 2.39. The fourth-order valence-corrected chi connectivity index (χ4v) is 3.29. The Morgan fingerprint density at radius 1 is 1.19 bits per heavy atom. The van der Waals surface area contributed by atoms with Crippen molar-refractivity contribution < 1.29 is 0 Å². The molecule has 0 aliphatic rings. The SMILES string of the molecule is Cc1ccc2nc(C(C)Cl)n(-c3ccc(Br)cc3Cl)c2c1. The van der Waals surface area contributed by atoms with Crippen molar-refractivity contribution in [2.24, 2.45) is 0 Å². The van der Waals surface area contributed by atoms with Gasteiger partial charge in [-0.2, -0.15) is 0 Å². The van der Waals surface area contributed by atoms with E-state index >= 15 is 0 Å². The number of hydrogen-bond donors (Lipinski definition) is 0. The van der Waals surface area contributed by atoms with Gasteiger partial charge in [-0.15, -0.1) is 11.6 Å². The number of fused-ring (bicyclic) bond motifs is 1. The molecule has 0 amide bonds. The lowest BCUT2D eigenvalue weighted by Gasteiger charge is -2.12. The number of halogens is 3. The number of rotatable bonds is 2. The average molecular weight is 384 g/mol. The van der Waals surface area contributed by atoms with Gasteiger partial charge in [0.05, 0.1) is 27.1 Å². The van der Waals surface area contributed by atoms with Gasteiger partial charge in [-0.25, -0.2) is 4.98 Å². The molecule has 21 heavy (non-hydrogen) atoms. The van der Waals surface area contributed by atoms with Gasteiger partial charge in [-0.05, 0) is 49.7 Å². The topological polar surface area (TPSA) is 17.8 Å². The molecule has 108 valence electrons. The molecule has 2 nitrogen and oxygen atoms in total. The molecule has 0 radical (unpaired) electrons. The minimum atomic E-state index is -0.211. The number of imidazole rings is 1. The van der Waals surface area contributed by atoms with Crippen LogP contribution in [0, 0.1) is 6.92 Å². The molecule has 0 saturated carbocycles. The van der Waals surface area contributed by atoms with E-state index in [9.17, 15) is 0 Å². The predicted octanol–water partition coefficient (Wildman–Crippen LogP) is 6.05. The highest BCUT2D eigenvalue weighted by atomic mass is 79.9. The molecule has 2 aromatic carbocycles. The maximum absolute atomic E-state index is 6.42. The normalized spacial score (nSPS) is 12.8. The lowest BCUT2D eigenvalue weighted by Crippen LogP contribution is -2.02. The summed E-state index contributed by atoms with van der Waals surface area (Å²) in [6, 6.07) is 12.0. The first-order valence-corrected chi connectivity index (χ1v) is 8.16. The van der Waals surface area contributed by atoms with Crippen LogP contribution >= 0.6 is 39.1 Å². The van der Waals surface area contributed by atoms with Crippen molar-refractivity contribution in [1.82, 2.24) is 9.55 Å². The van der Waals surface area contributed by atoms with Crippen molar-refractivity contribution in [1.29, 1.82) is 0 Å². The van der Waals surface area contributed by atoms with Gasteiger partial charge in [0.15, 0.2) is 0 Å². The zero-order chi connectivity index (χ0) is 15.1. The lowest BCUT2D eigenvalue weighted by atomic mass is 10.2. The first kappa shape index (κ1) is 14.9. The number of aromatic nitrogens is 2. The maximum Gasteiger partial charge on any atom is 0.132 e. The van der Waals surface area contributed by atoms with E-state index in [1.165, 1.54) is 5.56 Å². The van der Waals surface area contributed by atoms with Gasteiger partial charge in [-0.1, -0.05) is 33.6 Å². The molecule has 0 bridgehead atoms. The largest absolute Gasteiger partial charge is 0.294 e. The summed E-state index contributed by atoms with van der Waals surface area (Å²) in [4.78, 5) is 4.65. The Bertz CT molecular complexity index is 825. The molecule has 0 N–H and O–H groups in total. The van der Waals surface area contributed by atoms with Crippen LogP contribution in [-0.2, 0) is 0 Å². The van der Waals surface area contributed by atoms with Crippen molar-refractivity contribution >= 4 is 50.2 Å². The van der Waals surface area contributed by atoms with Crippen LogP contribution in [-0.4, -0.2) is 9.55 Å². The number of nitrogens with zero attached hydrogens (tertiary/aromatic N) is 2. The second-order valence-corrected chi connectivity index (χ2v) is 6.99. The molecule has 0 aliphatic heterocycles. The molecular formula is C16H13BrCl2N2. The van der Waals surface area contributed by atoms with Crippen molar-refractivity contribution in [2.75, 3.05) is 0 Å². The molecule has 1 aromatic heterocycles. The molecule has 0 saturated heterocycles. The molecule has 3 aromatic rings. The molecule has 1 heterocycles. The highest BCUT2D eigenvalue weighted by Gasteiger charge is 2.18. The number of aryl methyl sites for hydroxylation is 1. The Balaban J connectivity index is 2.38. The summed E-state index contributed by atoms with van der Waals surface area (Å²) in [6.07, 6.45) is 0. The van der Waals surface area contributed by atoms with Gasteiger partial charge in [0.1, 0.15) is 5.82 Å². The molecule has 5 heteroatoms. The second-order valence-electron chi connectivity index (χ2n) is 5.01. The predicted molar refractivity (Wildman–Crippen MR) is 92.8 cm³/mol. The van der Waals surface area contributed by atoms with Gasteiger partial charge in [0, 0.05) is 4.47 Å². The highest BCUT2D eigenvalue weighted by molar-refractivity contribution is 9.10. The van der Waals surface area contributed by atoms with Crippen LogP contribution in [0.2, 0.25) is 5.02 Å². The minimum absolute atomic E-state index is 0.211. The molecule has 0 spiro atoms. The van der Waals surface area contributed by atoms with E-state index in [4.69, 9.17) is 23.2 Å². The second kappa shape index (κ2) is 5.64.